The van der Waals surface area contributed by atoms with Gasteiger partial charge in [-0.3, -0.25) is 0 Å². The first-order valence-electron chi connectivity index (χ1n) is 3.90. The first-order chi connectivity index (χ1) is 5.23. The first-order valence-corrected chi connectivity index (χ1v) is 3.90. The Kier molecular flexibility index (Phi) is 2.18. The summed E-state index contributed by atoms with van der Waals surface area (Å²) in [6.07, 6.45) is 4.66. The zero-order valence-electron chi connectivity index (χ0n) is 7.13. The van der Waals surface area contributed by atoms with E-state index in [0.29, 0.717) is 0 Å². The van der Waals surface area contributed by atoms with Gasteiger partial charge in [-0.05, 0) is 25.5 Å². The molecule has 0 radical (unpaired) electrons. The van der Waals surface area contributed by atoms with E-state index in [0.717, 1.165) is 12.2 Å². The van der Waals surface area contributed by atoms with Gasteiger partial charge in [0.15, 0.2) is 0 Å². The van der Waals surface area contributed by atoms with Crippen LogP contribution in [0.5, 0.6) is 0 Å². The third-order valence-electron chi connectivity index (χ3n) is 2.27. The molecule has 0 aliphatic heterocycles. The highest BCUT2D eigenvalue weighted by Gasteiger charge is 2.22. The molecule has 1 heterocycles. The zero-order chi connectivity index (χ0) is 8.32. The van der Waals surface area contributed by atoms with Crippen molar-refractivity contribution in [2.45, 2.75) is 25.7 Å². The van der Waals surface area contributed by atoms with Gasteiger partial charge in [-0.15, -0.1) is 6.58 Å². The minimum absolute atomic E-state index is 0.00347. The molecule has 0 aliphatic rings. The Morgan fingerprint density at radius 1 is 1.73 bits per heavy atom. The van der Waals surface area contributed by atoms with Gasteiger partial charge in [-0.2, -0.15) is 0 Å². The highest BCUT2D eigenvalue weighted by atomic mass is 16.3. The smallest absolute Gasteiger partial charge is 0.113 e. The minimum atomic E-state index is 0.00347. The van der Waals surface area contributed by atoms with Crippen LogP contribution in [0.3, 0.4) is 0 Å². The largest absolute Gasteiger partial charge is 0.468 e. The molecule has 1 nitrogen and oxygen atoms in total. The molecule has 0 saturated heterocycles. The fraction of sp³-hybridized carbons (Fsp3) is 0.400. The van der Waals surface area contributed by atoms with Crippen molar-refractivity contribution < 1.29 is 4.42 Å². The zero-order valence-corrected chi connectivity index (χ0v) is 7.13. The maximum Gasteiger partial charge on any atom is 0.113 e. The molecule has 1 aromatic rings. The Morgan fingerprint density at radius 2 is 2.45 bits per heavy atom. The predicted molar refractivity (Wildman–Crippen MR) is 46.5 cm³/mol. The lowest BCUT2D eigenvalue weighted by atomic mass is 9.85. The highest BCUT2D eigenvalue weighted by Crippen LogP contribution is 2.28. The van der Waals surface area contributed by atoms with E-state index in [1.165, 1.54) is 0 Å². The molecule has 0 fully saturated rings. The molecular weight excluding hydrogens is 136 g/mol. The molecule has 1 atom stereocenters. The Bertz CT molecular complexity index is 223. The van der Waals surface area contributed by atoms with Crippen LogP contribution in [0, 0.1) is 0 Å². The summed E-state index contributed by atoms with van der Waals surface area (Å²) in [5.74, 6) is 0.995. The summed E-state index contributed by atoms with van der Waals surface area (Å²) in [5, 5.41) is 0. The van der Waals surface area contributed by atoms with E-state index in [4.69, 9.17) is 4.42 Å². The summed E-state index contributed by atoms with van der Waals surface area (Å²) in [6, 6.07) is 3.90. The molecule has 0 aliphatic carbocycles. The first kappa shape index (κ1) is 8.12. The van der Waals surface area contributed by atoms with Gasteiger partial charge >= 0.3 is 0 Å². The lowest BCUT2D eigenvalue weighted by Gasteiger charge is -2.20. The molecular formula is C10H14O. The minimum Gasteiger partial charge on any atom is -0.468 e. The van der Waals surface area contributed by atoms with Crippen molar-refractivity contribution in [1.82, 2.24) is 0 Å². The summed E-state index contributed by atoms with van der Waals surface area (Å²) >= 11 is 0. The summed E-state index contributed by atoms with van der Waals surface area (Å²) in [6.45, 7) is 8.05. The van der Waals surface area contributed by atoms with Crippen LogP contribution in [0.2, 0.25) is 0 Å². The van der Waals surface area contributed by atoms with Crippen molar-refractivity contribution in [2.24, 2.45) is 0 Å². The Balaban J connectivity index is 2.96. The average Bonchev–Trinajstić information content (AvgIpc) is 2.55. The van der Waals surface area contributed by atoms with Crippen molar-refractivity contribution in [3.05, 3.63) is 36.8 Å². The maximum absolute atomic E-state index is 5.31. The molecule has 0 amide bonds. The number of furan rings is 1. The summed E-state index contributed by atoms with van der Waals surface area (Å²) in [4.78, 5) is 0. The van der Waals surface area contributed by atoms with Crippen LogP contribution in [-0.4, -0.2) is 0 Å². The van der Waals surface area contributed by atoms with Crippen LogP contribution in [0.25, 0.3) is 0 Å². The fourth-order valence-electron chi connectivity index (χ4n) is 1.02. The maximum atomic E-state index is 5.31. The second kappa shape index (κ2) is 2.95. The van der Waals surface area contributed by atoms with Gasteiger partial charge in [0.05, 0.1) is 6.26 Å². The van der Waals surface area contributed by atoms with E-state index in [2.05, 4.69) is 20.4 Å². The van der Waals surface area contributed by atoms with E-state index >= 15 is 0 Å². The van der Waals surface area contributed by atoms with E-state index in [-0.39, 0.29) is 5.41 Å². The van der Waals surface area contributed by atoms with Gasteiger partial charge in [0.25, 0.3) is 0 Å². The van der Waals surface area contributed by atoms with Gasteiger partial charge in [0.1, 0.15) is 5.76 Å². The van der Waals surface area contributed by atoms with Crippen molar-refractivity contribution in [1.29, 1.82) is 0 Å². The lowest BCUT2D eigenvalue weighted by Crippen LogP contribution is -2.15. The highest BCUT2D eigenvalue weighted by molar-refractivity contribution is 5.18. The van der Waals surface area contributed by atoms with Gasteiger partial charge in [0, 0.05) is 5.41 Å². The van der Waals surface area contributed by atoms with Crippen molar-refractivity contribution in [3.8, 4) is 0 Å². The normalized spacial score (nSPS) is 15.8. The summed E-state index contributed by atoms with van der Waals surface area (Å²) in [5.41, 5.74) is 0.00347. The van der Waals surface area contributed by atoms with E-state index in [1.807, 2.05) is 18.2 Å². The van der Waals surface area contributed by atoms with Crippen molar-refractivity contribution in [3.63, 3.8) is 0 Å². The molecule has 0 aromatic carbocycles. The quantitative estimate of drug-likeness (QED) is 0.603. The van der Waals surface area contributed by atoms with Crippen LogP contribution < -0.4 is 0 Å². The lowest BCUT2D eigenvalue weighted by molar-refractivity contribution is 0.409. The molecule has 0 spiro atoms. The van der Waals surface area contributed by atoms with Crippen molar-refractivity contribution >= 4 is 0 Å². The number of rotatable bonds is 3. The van der Waals surface area contributed by atoms with Gasteiger partial charge in [0.2, 0.25) is 0 Å². The number of allylic oxidation sites excluding steroid dienone is 1. The second-order valence-corrected chi connectivity index (χ2v) is 2.95. The van der Waals surface area contributed by atoms with E-state index < -0.39 is 0 Å². The molecule has 0 bridgehead atoms. The van der Waals surface area contributed by atoms with Crippen molar-refractivity contribution in [2.75, 3.05) is 0 Å². The predicted octanol–water partition coefficient (Wildman–Crippen LogP) is 3.13. The molecule has 11 heavy (non-hydrogen) atoms. The Hall–Kier alpha value is -0.980. The molecule has 1 rings (SSSR count). The third kappa shape index (κ3) is 1.37. The van der Waals surface area contributed by atoms with Crippen LogP contribution >= 0.6 is 0 Å². The second-order valence-electron chi connectivity index (χ2n) is 2.95. The van der Waals surface area contributed by atoms with Crippen LogP contribution in [-0.2, 0) is 5.41 Å². The SMILES string of the molecule is C=CC(C)(CC)c1ccco1. The van der Waals surface area contributed by atoms with Crippen LogP contribution in [0.1, 0.15) is 26.0 Å². The molecule has 60 valence electrons. The van der Waals surface area contributed by atoms with Gasteiger partial charge < -0.3 is 4.42 Å². The monoisotopic (exact) mass is 150 g/mol. The number of hydrogen-bond donors (Lipinski definition) is 0. The van der Waals surface area contributed by atoms with Gasteiger partial charge in [-0.25, -0.2) is 0 Å². The molecule has 1 aromatic heterocycles. The summed E-state index contributed by atoms with van der Waals surface area (Å²) < 4.78 is 5.31. The summed E-state index contributed by atoms with van der Waals surface area (Å²) in [7, 11) is 0. The molecule has 0 saturated carbocycles. The van der Waals surface area contributed by atoms with E-state index in [1.54, 1.807) is 6.26 Å². The Morgan fingerprint density at radius 3 is 2.82 bits per heavy atom. The molecule has 1 heteroatoms. The molecule has 1 unspecified atom stereocenters. The van der Waals surface area contributed by atoms with Crippen LogP contribution in [0.4, 0.5) is 0 Å². The van der Waals surface area contributed by atoms with Gasteiger partial charge in [-0.1, -0.05) is 13.0 Å². The fourth-order valence-corrected chi connectivity index (χ4v) is 1.02. The molecule has 0 N–H and O–H groups in total. The van der Waals surface area contributed by atoms with Crippen LogP contribution in [0.15, 0.2) is 35.5 Å². The third-order valence-corrected chi connectivity index (χ3v) is 2.27. The van der Waals surface area contributed by atoms with E-state index in [9.17, 15) is 0 Å². The average molecular weight is 150 g/mol. The standard InChI is InChI=1S/C10H14O/c1-4-10(3,5-2)9-7-6-8-11-9/h4,6-8H,1,5H2,2-3H3. The Labute approximate surface area is 67.7 Å². The number of hydrogen-bond acceptors (Lipinski definition) is 1. The topological polar surface area (TPSA) is 13.1 Å².